The van der Waals surface area contributed by atoms with E-state index in [1.54, 1.807) is 7.11 Å². The van der Waals surface area contributed by atoms with Crippen LogP contribution < -0.4 is 0 Å². The number of esters is 1. The molecule has 0 aromatic rings. The monoisotopic (exact) mass is 394 g/mol. The third-order valence-electron chi connectivity index (χ3n) is 6.42. The van der Waals surface area contributed by atoms with Crippen molar-refractivity contribution in [1.29, 1.82) is 0 Å². The van der Waals surface area contributed by atoms with Gasteiger partial charge in [0.25, 0.3) is 0 Å². The molecule has 0 N–H and O–H groups in total. The van der Waals surface area contributed by atoms with Crippen molar-refractivity contribution in [1.82, 2.24) is 0 Å². The van der Waals surface area contributed by atoms with Crippen LogP contribution in [-0.2, 0) is 28.5 Å². The second-order valence-corrected chi connectivity index (χ2v) is 8.36. The Balaban J connectivity index is 1.38. The van der Waals surface area contributed by atoms with Crippen molar-refractivity contribution in [3.8, 4) is 0 Å². The molecule has 1 spiro atoms. The van der Waals surface area contributed by atoms with Crippen molar-refractivity contribution in [3.05, 3.63) is 12.2 Å². The Kier molecular flexibility index (Phi) is 6.94. The van der Waals surface area contributed by atoms with Gasteiger partial charge in [0.2, 0.25) is 0 Å². The highest BCUT2D eigenvalue weighted by molar-refractivity contribution is 5.85. The highest BCUT2D eigenvalue weighted by Gasteiger charge is 2.71. The summed E-state index contributed by atoms with van der Waals surface area (Å²) in [5.41, 5.74) is -0.571. The molecule has 0 radical (unpaired) electrons. The van der Waals surface area contributed by atoms with Gasteiger partial charge in [-0.2, -0.15) is 0 Å². The number of ether oxygens (including phenoxy) is 4. The van der Waals surface area contributed by atoms with E-state index in [-0.39, 0.29) is 35.0 Å². The Morgan fingerprint density at radius 2 is 2.07 bits per heavy atom. The summed E-state index contributed by atoms with van der Waals surface area (Å²) < 4.78 is 22.4. The minimum absolute atomic E-state index is 0.0208. The first-order chi connectivity index (χ1) is 13.5. The maximum absolute atomic E-state index is 12.3. The van der Waals surface area contributed by atoms with Crippen molar-refractivity contribution in [2.45, 2.75) is 88.6 Å². The minimum Gasteiger partial charge on any atom is -0.466 e. The summed E-state index contributed by atoms with van der Waals surface area (Å²) in [5, 5.41) is 0. The Labute approximate surface area is 167 Å². The summed E-state index contributed by atoms with van der Waals surface area (Å²) in [7, 11) is 1.61. The molecule has 0 aromatic heterocycles. The van der Waals surface area contributed by atoms with Gasteiger partial charge in [0, 0.05) is 20.0 Å². The lowest BCUT2D eigenvalue weighted by Gasteiger charge is -2.37. The fourth-order valence-corrected chi connectivity index (χ4v) is 4.71. The van der Waals surface area contributed by atoms with E-state index in [4.69, 9.17) is 18.9 Å². The van der Waals surface area contributed by atoms with E-state index in [9.17, 15) is 9.59 Å². The maximum atomic E-state index is 12.3. The summed E-state index contributed by atoms with van der Waals surface area (Å²) in [4.78, 5) is 23.6. The molecule has 2 heterocycles. The predicted molar refractivity (Wildman–Crippen MR) is 104 cm³/mol. The van der Waals surface area contributed by atoms with Crippen molar-refractivity contribution >= 4 is 11.8 Å². The van der Waals surface area contributed by atoms with Gasteiger partial charge in [-0.05, 0) is 46.0 Å². The summed E-state index contributed by atoms with van der Waals surface area (Å²) in [6.45, 7) is 5.09. The van der Waals surface area contributed by atoms with E-state index in [0.717, 1.165) is 38.5 Å². The number of unbranched alkanes of at least 4 members (excludes halogenated alkanes) is 3. The minimum atomic E-state index is -0.422. The van der Waals surface area contributed by atoms with E-state index >= 15 is 0 Å². The molecule has 2 saturated heterocycles. The van der Waals surface area contributed by atoms with Gasteiger partial charge in [-0.3, -0.25) is 9.59 Å². The highest BCUT2D eigenvalue weighted by atomic mass is 16.6. The average Bonchev–Trinajstić information content (AvgIpc) is 3.57. The number of allylic oxidation sites excluding steroid dienone is 1. The van der Waals surface area contributed by atoms with Crippen LogP contribution >= 0.6 is 0 Å². The van der Waals surface area contributed by atoms with E-state index in [2.05, 4.69) is 19.1 Å². The molecule has 1 saturated carbocycles. The van der Waals surface area contributed by atoms with Crippen molar-refractivity contribution in [2.75, 3.05) is 20.3 Å². The van der Waals surface area contributed by atoms with Crippen LogP contribution in [0, 0.1) is 5.92 Å². The van der Waals surface area contributed by atoms with Crippen LogP contribution in [0.1, 0.15) is 65.2 Å². The second kappa shape index (κ2) is 9.06. The zero-order valence-corrected chi connectivity index (χ0v) is 17.4. The number of hydrogen-bond acceptors (Lipinski definition) is 6. The molecule has 0 bridgehead atoms. The number of epoxide rings is 2. The first-order valence-corrected chi connectivity index (χ1v) is 10.6. The summed E-state index contributed by atoms with van der Waals surface area (Å²) in [6, 6.07) is 0. The topological polar surface area (TPSA) is 77.7 Å². The lowest BCUT2D eigenvalue weighted by molar-refractivity contribution is -0.143. The highest BCUT2D eigenvalue weighted by Crippen LogP contribution is 2.58. The lowest BCUT2D eigenvalue weighted by atomic mass is 9.69. The van der Waals surface area contributed by atoms with Crippen molar-refractivity contribution < 1.29 is 28.5 Å². The standard InChI is InChI=1S/C22H34O6/c1-4-26-18(24)12-10-8-6-5-7-9-11-17-21(2,28-17)20-19(25-3)16(23)13-14-22(20)15-27-22/h7,9,17,19-20H,4-6,8,10-15H2,1-3H3/b9-7+/t17-,19-,20-,21?,22+/m1/s1. The van der Waals surface area contributed by atoms with Gasteiger partial charge in [0.05, 0.1) is 25.2 Å². The Morgan fingerprint density at radius 3 is 2.75 bits per heavy atom. The molecule has 6 nitrogen and oxygen atoms in total. The molecule has 28 heavy (non-hydrogen) atoms. The SMILES string of the molecule is CCOC(=O)CCCCC/C=C/C[C@H]1OC1(C)[C@H]1[C@H](OC)C(=O)CC[C@]12CO2. The molecular formula is C22H34O6. The second-order valence-electron chi connectivity index (χ2n) is 8.36. The lowest BCUT2D eigenvalue weighted by Crippen LogP contribution is -2.52. The van der Waals surface area contributed by atoms with Gasteiger partial charge >= 0.3 is 5.97 Å². The summed E-state index contributed by atoms with van der Waals surface area (Å²) in [6.07, 6.45) is 10.7. The van der Waals surface area contributed by atoms with Gasteiger partial charge < -0.3 is 18.9 Å². The molecular weight excluding hydrogens is 360 g/mol. The van der Waals surface area contributed by atoms with Gasteiger partial charge in [0.15, 0.2) is 5.78 Å². The largest absolute Gasteiger partial charge is 0.466 e. The molecule has 1 unspecified atom stereocenters. The van der Waals surface area contributed by atoms with E-state index in [1.807, 2.05) is 6.92 Å². The molecule has 158 valence electrons. The van der Waals surface area contributed by atoms with E-state index in [0.29, 0.717) is 26.1 Å². The van der Waals surface area contributed by atoms with Gasteiger partial charge in [-0.15, -0.1) is 0 Å². The smallest absolute Gasteiger partial charge is 0.305 e. The number of methoxy groups -OCH3 is 1. The van der Waals surface area contributed by atoms with Crippen molar-refractivity contribution in [2.24, 2.45) is 5.92 Å². The van der Waals surface area contributed by atoms with Gasteiger partial charge in [-0.1, -0.05) is 18.6 Å². The number of hydrogen-bond donors (Lipinski definition) is 0. The molecule has 3 rings (SSSR count). The van der Waals surface area contributed by atoms with Crippen LogP contribution in [0.15, 0.2) is 12.2 Å². The van der Waals surface area contributed by atoms with E-state index in [1.165, 1.54) is 0 Å². The van der Waals surface area contributed by atoms with Crippen molar-refractivity contribution in [3.63, 3.8) is 0 Å². The Morgan fingerprint density at radius 1 is 1.29 bits per heavy atom. The fourth-order valence-electron chi connectivity index (χ4n) is 4.71. The van der Waals surface area contributed by atoms with Crippen LogP contribution in [0.25, 0.3) is 0 Å². The van der Waals surface area contributed by atoms with Crippen LogP contribution in [0.4, 0.5) is 0 Å². The molecule has 6 heteroatoms. The zero-order chi connectivity index (χ0) is 20.2. The molecule has 5 atom stereocenters. The fraction of sp³-hybridized carbons (Fsp3) is 0.818. The predicted octanol–water partition coefficient (Wildman–Crippen LogP) is 3.37. The van der Waals surface area contributed by atoms with Crippen LogP contribution in [0.5, 0.6) is 0 Å². The number of rotatable bonds is 11. The summed E-state index contributed by atoms with van der Waals surface area (Å²) >= 11 is 0. The van der Waals surface area contributed by atoms with Gasteiger partial charge in [-0.25, -0.2) is 0 Å². The van der Waals surface area contributed by atoms with Crippen LogP contribution in [-0.4, -0.2) is 55.5 Å². The first kappa shape index (κ1) is 21.5. The Bertz CT molecular complexity index is 596. The maximum Gasteiger partial charge on any atom is 0.305 e. The average molecular weight is 395 g/mol. The third-order valence-corrected chi connectivity index (χ3v) is 6.42. The summed E-state index contributed by atoms with van der Waals surface area (Å²) in [5.74, 6) is 0.0474. The van der Waals surface area contributed by atoms with Crippen LogP contribution in [0.3, 0.4) is 0 Å². The third kappa shape index (κ3) is 4.66. The molecule has 3 aliphatic rings. The molecule has 0 amide bonds. The molecule has 0 aromatic carbocycles. The first-order valence-electron chi connectivity index (χ1n) is 10.6. The number of ketones is 1. The number of Topliss-reactive ketones (excluding diaryl/α,β-unsaturated/α-hetero) is 1. The number of carbonyl (C=O) groups is 2. The normalized spacial score (nSPS) is 36.8. The molecule has 1 aliphatic carbocycles. The quantitative estimate of drug-likeness (QED) is 0.231. The molecule has 3 fully saturated rings. The molecule has 2 aliphatic heterocycles. The zero-order valence-electron chi connectivity index (χ0n) is 17.4. The number of carbonyl (C=O) groups excluding carboxylic acids is 2. The van der Waals surface area contributed by atoms with Gasteiger partial charge in [0.1, 0.15) is 17.3 Å². The van der Waals surface area contributed by atoms with E-state index < -0.39 is 6.10 Å². The van der Waals surface area contributed by atoms with Crippen LogP contribution in [0.2, 0.25) is 0 Å². The Hall–Kier alpha value is -1.24.